The van der Waals surface area contributed by atoms with Gasteiger partial charge in [-0.1, -0.05) is 33.8 Å². The highest BCUT2D eigenvalue weighted by atomic mass is 16.5. The Bertz CT molecular complexity index is 1050. The topological polar surface area (TPSA) is 55.8 Å². The van der Waals surface area contributed by atoms with Crippen LogP contribution in [0.4, 0.5) is 0 Å². The number of carbonyl (C=O) groups is 2. The second kappa shape index (κ2) is 13.0. The first kappa shape index (κ1) is 32.5. The van der Waals surface area contributed by atoms with Crippen LogP contribution in [0.15, 0.2) is 12.7 Å². The molecule has 0 aromatic rings. The van der Waals surface area contributed by atoms with Gasteiger partial charge in [-0.15, -0.1) is 0 Å². The highest BCUT2D eigenvalue weighted by Crippen LogP contribution is 2.68. The SMILES string of the molecule is C=CC[N+]1([C@H]2CC3C4CC[C@H]5C[C@H](OC(C)=O)[C@@H](N6CCCCC6)C[C@]5(C)C4CC[C@]3(C)[C@H]2OC(=O)CCC)CCCCC1. The van der Waals surface area contributed by atoms with E-state index in [2.05, 4.69) is 38.3 Å². The number of esters is 2. The monoisotopic (exact) mass is 611 g/mol. The van der Waals surface area contributed by atoms with E-state index in [0.717, 1.165) is 49.8 Å². The lowest BCUT2D eigenvalue weighted by atomic mass is 9.44. The third-order valence-electron chi connectivity index (χ3n) is 14.4. The number of rotatable bonds is 8. The third-order valence-corrected chi connectivity index (χ3v) is 14.4. The molecule has 0 spiro atoms. The minimum absolute atomic E-state index is 0.0110. The maximum absolute atomic E-state index is 13.2. The Kier molecular flexibility index (Phi) is 9.62. The zero-order chi connectivity index (χ0) is 31.1. The summed E-state index contributed by atoms with van der Waals surface area (Å²) in [7, 11) is 0. The van der Waals surface area contributed by atoms with Crippen molar-refractivity contribution < 1.29 is 23.5 Å². The molecule has 4 aliphatic carbocycles. The predicted molar refractivity (Wildman–Crippen MR) is 175 cm³/mol. The van der Waals surface area contributed by atoms with Gasteiger partial charge < -0.3 is 14.0 Å². The van der Waals surface area contributed by atoms with Crippen molar-refractivity contribution in [1.82, 2.24) is 4.90 Å². The fraction of sp³-hybridized carbons (Fsp3) is 0.895. The molecule has 2 aliphatic heterocycles. The Morgan fingerprint density at radius 2 is 1.66 bits per heavy atom. The van der Waals surface area contributed by atoms with Crippen molar-refractivity contribution in [3.05, 3.63) is 12.7 Å². The largest absolute Gasteiger partial charge is 0.461 e. The zero-order valence-corrected chi connectivity index (χ0v) is 28.6. The number of nitrogens with zero attached hydrogens (tertiary/aromatic N) is 2. The Labute approximate surface area is 268 Å². The molecule has 0 radical (unpaired) electrons. The first-order valence-corrected chi connectivity index (χ1v) is 18.7. The van der Waals surface area contributed by atoms with Gasteiger partial charge in [0.1, 0.15) is 12.1 Å². The molecule has 0 aromatic heterocycles. The van der Waals surface area contributed by atoms with E-state index in [1.54, 1.807) is 6.92 Å². The van der Waals surface area contributed by atoms with E-state index in [9.17, 15) is 9.59 Å². The maximum Gasteiger partial charge on any atom is 0.306 e. The van der Waals surface area contributed by atoms with Crippen molar-refractivity contribution in [2.75, 3.05) is 32.7 Å². The molecule has 0 aromatic carbocycles. The molecule has 0 bridgehead atoms. The molecule has 4 saturated carbocycles. The first-order chi connectivity index (χ1) is 21.1. The van der Waals surface area contributed by atoms with E-state index in [4.69, 9.17) is 9.47 Å². The van der Waals surface area contributed by atoms with Gasteiger partial charge >= 0.3 is 11.9 Å². The molecule has 6 nitrogen and oxygen atoms in total. The van der Waals surface area contributed by atoms with E-state index in [1.807, 2.05) is 0 Å². The molecule has 3 unspecified atom stereocenters. The molecular formula is C38H63N2O4+. The van der Waals surface area contributed by atoms with Crippen LogP contribution in [0.25, 0.3) is 0 Å². The lowest BCUT2D eigenvalue weighted by Gasteiger charge is -2.62. The molecule has 6 heteroatoms. The summed E-state index contributed by atoms with van der Waals surface area (Å²) in [5.41, 5.74) is 0.317. The van der Waals surface area contributed by atoms with Crippen molar-refractivity contribution in [3.8, 4) is 0 Å². The summed E-state index contributed by atoms with van der Waals surface area (Å²) in [5, 5.41) is 0. The molecule has 44 heavy (non-hydrogen) atoms. The Balaban J connectivity index is 1.31. The van der Waals surface area contributed by atoms with Crippen LogP contribution in [0.2, 0.25) is 0 Å². The van der Waals surface area contributed by atoms with Gasteiger partial charge in [-0.05, 0) is 125 Å². The quantitative estimate of drug-likeness (QED) is 0.164. The number of quaternary nitrogens is 1. The van der Waals surface area contributed by atoms with E-state index in [0.29, 0.717) is 42.2 Å². The van der Waals surface area contributed by atoms with Crippen molar-refractivity contribution in [1.29, 1.82) is 0 Å². The second-order valence-corrected chi connectivity index (χ2v) is 16.6. The van der Waals surface area contributed by atoms with Gasteiger partial charge in [0.25, 0.3) is 0 Å². The lowest BCUT2D eigenvalue weighted by molar-refractivity contribution is -0.952. The average molecular weight is 612 g/mol. The minimum Gasteiger partial charge on any atom is -0.461 e. The molecule has 6 fully saturated rings. The second-order valence-electron chi connectivity index (χ2n) is 16.6. The van der Waals surface area contributed by atoms with Crippen LogP contribution in [0.5, 0.6) is 0 Å². The van der Waals surface area contributed by atoms with E-state index < -0.39 is 0 Å². The van der Waals surface area contributed by atoms with Crippen LogP contribution in [0, 0.1) is 34.5 Å². The number of piperidine rings is 2. The number of hydrogen-bond acceptors (Lipinski definition) is 5. The van der Waals surface area contributed by atoms with Crippen molar-refractivity contribution >= 4 is 11.9 Å². The Morgan fingerprint density at radius 1 is 0.932 bits per heavy atom. The van der Waals surface area contributed by atoms with Crippen LogP contribution in [-0.4, -0.2) is 78.3 Å². The lowest BCUT2D eigenvalue weighted by Crippen LogP contribution is -2.63. The number of hydrogen-bond donors (Lipinski definition) is 0. The zero-order valence-electron chi connectivity index (χ0n) is 28.6. The van der Waals surface area contributed by atoms with Crippen LogP contribution in [0.1, 0.15) is 124 Å². The Hall–Kier alpha value is -1.40. The molecule has 6 rings (SSSR count). The summed E-state index contributed by atoms with van der Waals surface area (Å²) >= 11 is 0. The number of ether oxygens (including phenoxy) is 2. The van der Waals surface area contributed by atoms with Gasteiger partial charge in [0.2, 0.25) is 0 Å². The van der Waals surface area contributed by atoms with E-state index >= 15 is 0 Å². The van der Waals surface area contributed by atoms with Gasteiger partial charge in [-0.25, -0.2) is 0 Å². The molecule has 2 heterocycles. The maximum atomic E-state index is 13.2. The smallest absolute Gasteiger partial charge is 0.306 e. The first-order valence-electron chi connectivity index (χ1n) is 18.7. The summed E-state index contributed by atoms with van der Waals surface area (Å²) < 4.78 is 13.9. The van der Waals surface area contributed by atoms with E-state index in [1.165, 1.54) is 77.3 Å². The summed E-state index contributed by atoms with van der Waals surface area (Å²) in [6, 6.07) is 0.732. The average Bonchev–Trinajstić information content (AvgIpc) is 3.30. The molecule has 248 valence electrons. The summed E-state index contributed by atoms with van der Waals surface area (Å²) in [4.78, 5) is 28.2. The highest BCUT2D eigenvalue weighted by Gasteiger charge is 2.67. The fourth-order valence-corrected chi connectivity index (χ4v) is 12.4. The number of fused-ring (bicyclic) bond motifs is 5. The van der Waals surface area contributed by atoms with Gasteiger partial charge in [0, 0.05) is 31.2 Å². The van der Waals surface area contributed by atoms with Crippen LogP contribution < -0.4 is 0 Å². The van der Waals surface area contributed by atoms with Gasteiger partial charge in [-0.3, -0.25) is 14.5 Å². The van der Waals surface area contributed by atoms with E-state index in [-0.39, 0.29) is 35.0 Å². The van der Waals surface area contributed by atoms with Crippen molar-refractivity contribution in [2.45, 2.75) is 148 Å². The Morgan fingerprint density at radius 3 is 2.34 bits per heavy atom. The van der Waals surface area contributed by atoms with Crippen LogP contribution in [-0.2, 0) is 19.1 Å². The standard InChI is InChI=1S/C38H63N2O4/c1-6-14-35(42)44-36-33(40(21-7-2)22-12-9-13-23-40)25-31-29-16-15-28-24-34(43-27(3)41)32(39-19-10-8-11-20-39)26-38(28,5)30(29)17-18-37(31,36)4/h7,28-34,36H,2,6,8-26H2,1,3-5H3/q+1/t28-,29?,30?,31?,32-,33-,34-,36-,37-,38-/m0/s1. The molecule has 2 saturated heterocycles. The fourth-order valence-electron chi connectivity index (χ4n) is 12.4. The number of carbonyl (C=O) groups excluding carboxylic acids is 2. The highest BCUT2D eigenvalue weighted by molar-refractivity contribution is 5.69. The summed E-state index contributed by atoms with van der Waals surface area (Å²) in [6.07, 6.45) is 19.6. The third kappa shape index (κ3) is 5.71. The predicted octanol–water partition coefficient (Wildman–Crippen LogP) is 7.30. The minimum atomic E-state index is -0.113. The molecule has 0 N–H and O–H groups in total. The van der Waals surface area contributed by atoms with Gasteiger partial charge in [-0.2, -0.15) is 0 Å². The van der Waals surface area contributed by atoms with Crippen LogP contribution in [0.3, 0.4) is 0 Å². The normalized spacial score (nSPS) is 43.6. The van der Waals surface area contributed by atoms with Crippen LogP contribution >= 0.6 is 0 Å². The molecular weight excluding hydrogens is 548 g/mol. The molecule has 6 aliphatic rings. The van der Waals surface area contributed by atoms with Crippen molar-refractivity contribution in [2.24, 2.45) is 34.5 Å². The summed E-state index contributed by atoms with van der Waals surface area (Å²) in [5.74, 6) is 2.51. The molecule has 0 amide bonds. The molecule has 10 atom stereocenters. The summed E-state index contributed by atoms with van der Waals surface area (Å²) in [6.45, 7) is 18.8. The van der Waals surface area contributed by atoms with Crippen molar-refractivity contribution in [3.63, 3.8) is 0 Å². The number of likely N-dealkylation sites (tertiary alicyclic amines) is 2. The van der Waals surface area contributed by atoms with Gasteiger partial charge in [0.15, 0.2) is 6.10 Å². The van der Waals surface area contributed by atoms with Gasteiger partial charge in [0.05, 0.1) is 19.6 Å².